The summed E-state index contributed by atoms with van der Waals surface area (Å²) >= 11 is 1.57. The van der Waals surface area contributed by atoms with Crippen LogP contribution in [-0.2, 0) is 0 Å². The number of nitrogens with zero attached hydrogens (tertiary/aromatic N) is 2. The highest BCUT2D eigenvalue weighted by Gasteiger charge is 2.22. The largest absolute Gasteiger partial charge is 0.440 e. The van der Waals surface area contributed by atoms with Gasteiger partial charge in [0.05, 0.1) is 6.20 Å². The number of amidine groups is 1. The molecule has 0 spiro atoms. The third-order valence-electron chi connectivity index (χ3n) is 2.38. The van der Waals surface area contributed by atoms with Gasteiger partial charge < -0.3 is 15.4 Å². The lowest BCUT2D eigenvalue weighted by Crippen LogP contribution is -2.31. The minimum atomic E-state index is -0.272. The smallest absolute Gasteiger partial charge is 0.255 e. The molecular weight excluding hydrogens is 226 g/mol. The summed E-state index contributed by atoms with van der Waals surface area (Å²) in [5.41, 5.74) is 5.32. The summed E-state index contributed by atoms with van der Waals surface area (Å²) in [6.07, 6.45) is 5.00. The summed E-state index contributed by atoms with van der Waals surface area (Å²) in [6, 6.07) is 0. The van der Waals surface area contributed by atoms with Crippen molar-refractivity contribution in [2.24, 2.45) is 16.3 Å². The zero-order valence-corrected chi connectivity index (χ0v) is 10.3. The van der Waals surface area contributed by atoms with Crippen molar-refractivity contribution in [1.29, 1.82) is 0 Å². The fraction of sp³-hybridized carbons (Fsp3) is 0.600. The van der Waals surface area contributed by atoms with Crippen molar-refractivity contribution in [2.45, 2.75) is 31.9 Å². The zero-order chi connectivity index (χ0) is 12.0. The van der Waals surface area contributed by atoms with E-state index in [0.717, 1.165) is 18.6 Å². The van der Waals surface area contributed by atoms with Crippen LogP contribution in [0.5, 0.6) is 0 Å². The van der Waals surface area contributed by atoms with Crippen LogP contribution in [-0.4, -0.2) is 21.8 Å². The molecule has 0 bridgehead atoms. The van der Waals surface area contributed by atoms with E-state index in [0.29, 0.717) is 5.22 Å². The van der Waals surface area contributed by atoms with Crippen LogP contribution in [0.15, 0.2) is 27.3 Å². The molecule has 1 aromatic heterocycles. The van der Waals surface area contributed by atoms with Gasteiger partial charge in [-0.15, -0.1) is 0 Å². The van der Waals surface area contributed by atoms with Crippen LogP contribution < -0.4 is 5.73 Å². The Bertz CT molecular complexity index is 336. The van der Waals surface area contributed by atoms with Crippen LogP contribution >= 0.6 is 11.8 Å². The summed E-state index contributed by atoms with van der Waals surface area (Å²) in [7, 11) is 0. The Balaban J connectivity index is 2.25. The standard InChI is InChI=1S/C10H17N3O2S/c1-10(2,8(11)13-14)4-3-7-16-9-12-5-6-15-9/h5-6,14H,3-4,7H2,1-2H3,(H2,11,13). The Morgan fingerprint density at radius 3 is 3.00 bits per heavy atom. The van der Waals surface area contributed by atoms with Crippen molar-refractivity contribution >= 4 is 17.6 Å². The molecule has 0 aliphatic rings. The minimum Gasteiger partial charge on any atom is -0.440 e. The van der Waals surface area contributed by atoms with Gasteiger partial charge in [0.25, 0.3) is 5.22 Å². The summed E-state index contributed by atoms with van der Waals surface area (Å²) in [6.45, 7) is 3.91. The number of rotatable bonds is 6. The van der Waals surface area contributed by atoms with E-state index in [1.165, 1.54) is 0 Å². The number of thioether (sulfide) groups is 1. The molecule has 90 valence electrons. The van der Waals surface area contributed by atoms with Gasteiger partial charge in [0.15, 0.2) is 0 Å². The highest BCUT2D eigenvalue weighted by Crippen LogP contribution is 2.25. The molecular formula is C10H17N3O2S. The topological polar surface area (TPSA) is 84.6 Å². The number of hydrogen-bond donors (Lipinski definition) is 2. The Morgan fingerprint density at radius 1 is 1.69 bits per heavy atom. The third kappa shape index (κ3) is 3.77. The SMILES string of the molecule is CC(C)(CCCSc1ncco1)/C(N)=N/O. The van der Waals surface area contributed by atoms with E-state index in [1.54, 1.807) is 24.2 Å². The highest BCUT2D eigenvalue weighted by atomic mass is 32.2. The first kappa shape index (κ1) is 12.9. The Hall–Kier alpha value is -1.17. The second-order valence-corrected chi connectivity index (χ2v) is 5.17. The van der Waals surface area contributed by atoms with Crippen LogP contribution in [0.2, 0.25) is 0 Å². The van der Waals surface area contributed by atoms with E-state index in [2.05, 4.69) is 10.1 Å². The lowest BCUT2D eigenvalue weighted by atomic mass is 9.87. The Labute approximate surface area is 99.1 Å². The second-order valence-electron chi connectivity index (χ2n) is 4.12. The molecule has 1 rings (SSSR count). The van der Waals surface area contributed by atoms with Crippen LogP contribution in [0.25, 0.3) is 0 Å². The maximum Gasteiger partial charge on any atom is 0.255 e. The van der Waals surface area contributed by atoms with Gasteiger partial charge in [0.2, 0.25) is 0 Å². The van der Waals surface area contributed by atoms with Crippen molar-refractivity contribution < 1.29 is 9.62 Å². The van der Waals surface area contributed by atoms with Gasteiger partial charge in [-0.05, 0) is 12.8 Å². The van der Waals surface area contributed by atoms with Crippen LogP contribution in [0.3, 0.4) is 0 Å². The van der Waals surface area contributed by atoms with Gasteiger partial charge >= 0.3 is 0 Å². The van der Waals surface area contributed by atoms with E-state index in [9.17, 15) is 0 Å². The van der Waals surface area contributed by atoms with E-state index in [-0.39, 0.29) is 11.3 Å². The maximum absolute atomic E-state index is 8.61. The minimum absolute atomic E-state index is 0.272. The van der Waals surface area contributed by atoms with Crippen molar-refractivity contribution in [3.63, 3.8) is 0 Å². The molecule has 0 aliphatic heterocycles. The van der Waals surface area contributed by atoms with E-state index < -0.39 is 0 Å². The molecule has 0 amide bonds. The average Bonchev–Trinajstić information content (AvgIpc) is 2.76. The summed E-state index contributed by atoms with van der Waals surface area (Å²) < 4.78 is 5.10. The third-order valence-corrected chi connectivity index (χ3v) is 3.32. The molecule has 0 unspecified atom stereocenters. The van der Waals surface area contributed by atoms with Gasteiger partial charge in [0, 0.05) is 11.2 Å². The monoisotopic (exact) mass is 243 g/mol. The molecule has 16 heavy (non-hydrogen) atoms. The van der Waals surface area contributed by atoms with Gasteiger partial charge in [-0.25, -0.2) is 4.98 Å². The van der Waals surface area contributed by atoms with Gasteiger partial charge in [-0.1, -0.05) is 30.8 Å². The van der Waals surface area contributed by atoms with Crippen molar-refractivity contribution in [3.05, 3.63) is 12.5 Å². The normalized spacial score (nSPS) is 13.0. The van der Waals surface area contributed by atoms with Gasteiger partial charge in [0.1, 0.15) is 12.1 Å². The highest BCUT2D eigenvalue weighted by molar-refractivity contribution is 7.99. The fourth-order valence-electron chi connectivity index (χ4n) is 1.22. The number of oxazole rings is 1. The molecule has 1 heterocycles. The molecule has 0 fully saturated rings. The van der Waals surface area contributed by atoms with Crippen LogP contribution in [0.1, 0.15) is 26.7 Å². The van der Waals surface area contributed by atoms with Crippen LogP contribution in [0.4, 0.5) is 0 Å². The van der Waals surface area contributed by atoms with E-state index >= 15 is 0 Å². The second kappa shape index (κ2) is 5.79. The molecule has 1 aromatic rings. The van der Waals surface area contributed by atoms with Crippen molar-refractivity contribution in [2.75, 3.05) is 5.75 Å². The summed E-state index contributed by atoms with van der Waals surface area (Å²) in [5.74, 6) is 1.18. The molecule has 6 heteroatoms. The molecule has 0 saturated heterocycles. The first-order chi connectivity index (χ1) is 7.56. The number of aromatic nitrogens is 1. The van der Waals surface area contributed by atoms with Crippen molar-refractivity contribution in [3.8, 4) is 0 Å². The first-order valence-electron chi connectivity index (χ1n) is 5.06. The Morgan fingerprint density at radius 2 is 2.44 bits per heavy atom. The van der Waals surface area contributed by atoms with E-state index in [1.807, 2.05) is 13.8 Å². The molecule has 0 radical (unpaired) electrons. The number of hydrogen-bond acceptors (Lipinski definition) is 5. The predicted molar refractivity (Wildman–Crippen MR) is 63.7 cm³/mol. The first-order valence-corrected chi connectivity index (χ1v) is 6.05. The van der Waals surface area contributed by atoms with Gasteiger partial charge in [-0.3, -0.25) is 0 Å². The maximum atomic E-state index is 8.61. The van der Waals surface area contributed by atoms with E-state index in [4.69, 9.17) is 15.4 Å². The molecule has 0 atom stereocenters. The molecule has 5 nitrogen and oxygen atoms in total. The van der Waals surface area contributed by atoms with Crippen molar-refractivity contribution in [1.82, 2.24) is 4.98 Å². The lowest BCUT2D eigenvalue weighted by Gasteiger charge is -2.22. The quantitative estimate of drug-likeness (QED) is 0.200. The summed E-state index contributed by atoms with van der Waals surface area (Å²) in [5, 5.41) is 12.3. The molecule has 0 aliphatic carbocycles. The average molecular weight is 243 g/mol. The molecule has 3 N–H and O–H groups in total. The lowest BCUT2D eigenvalue weighted by molar-refractivity contribution is 0.305. The zero-order valence-electron chi connectivity index (χ0n) is 9.51. The number of oxime groups is 1. The Kier molecular flexibility index (Phi) is 4.67. The molecule has 0 saturated carbocycles. The number of nitrogens with two attached hydrogens (primary N) is 1. The fourth-order valence-corrected chi connectivity index (χ4v) is 1.94. The molecule has 0 aromatic carbocycles. The van der Waals surface area contributed by atoms with Crippen LogP contribution in [0, 0.1) is 5.41 Å². The summed E-state index contributed by atoms with van der Waals surface area (Å²) in [4.78, 5) is 4.01. The predicted octanol–water partition coefficient (Wildman–Crippen LogP) is 2.32. The van der Waals surface area contributed by atoms with Gasteiger partial charge in [-0.2, -0.15) is 0 Å².